The van der Waals surface area contributed by atoms with Gasteiger partial charge in [0.25, 0.3) is 0 Å². The predicted octanol–water partition coefficient (Wildman–Crippen LogP) is 3.37. The molecule has 0 heterocycles. The van der Waals surface area contributed by atoms with E-state index in [1.165, 1.54) is 12.8 Å². The van der Waals surface area contributed by atoms with Crippen LogP contribution in [0.5, 0.6) is 5.75 Å². The summed E-state index contributed by atoms with van der Waals surface area (Å²) < 4.78 is 5.54. The fourth-order valence-electron chi connectivity index (χ4n) is 1.47. The zero-order valence-electron chi connectivity index (χ0n) is 9.01. The van der Waals surface area contributed by atoms with Crippen LogP contribution >= 0.6 is 23.2 Å². The van der Waals surface area contributed by atoms with E-state index >= 15 is 0 Å². The molecule has 0 aromatic heterocycles. The van der Waals surface area contributed by atoms with E-state index in [0.29, 0.717) is 22.4 Å². The number of hydrogen-bond acceptors (Lipinski definition) is 2. The Kier molecular flexibility index (Phi) is 4.33. The van der Waals surface area contributed by atoms with Crippen LogP contribution in [-0.2, 0) is 0 Å². The zero-order chi connectivity index (χ0) is 11.4. The lowest BCUT2D eigenvalue weighted by Gasteiger charge is -2.10. The Morgan fingerprint density at radius 2 is 1.94 bits per heavy atom. The van der Waals surface area contributed by atoms with Crippen LogP contribution in [0.4, 0.5) is 0 Å². The lowest BCUT2D eigenvalue weighted by atomic mass is 10.3. The Bertz CT molecular complexity index is 333. The van der Waals surface area contributed by atoms with E-state index in [1.54, 1.807) is 12.1 Å². The molecular weight excluding hydrogens is 245 g/mol. The van der Waals surface area contributed by atoms with Gasteiger partial charge >= 0.3 is 0 Å². The number of rotatable bonds is 6. The van der Waals surface area contributed by atoms with Gasteiger partial charge in [-0.3, -0.25) is 0 Å². The Balaban J connectivity index is 1.71. The maximum absolute atomic E-state index is 5.97. The van der Waals surface area contributed by atoms with Crippen LogP contribution in [-0.4, -0.2) is 19.7 Å². The van der Waals surface area contributed by atoms with Crippen molar-refractivity contribution < 1.29 is 4.74 Å². The first kappa shape index (κ1) is 12.0. The van der Waals surface area contributed by atoms with Crippen LogP contribution in [0.2, 0.25) is 10.0 Å². The van der Waals surface area contributed by atoms with Gasteiger partial charge in [-0.05, 0) is 37.4 Å². The molecule has 2 nitrogen and oxygen atoms in total. The minimum absolute atomic E-state index is 0.565. The molecule has 16 heavy (non-hydrogen) atoms. The monoisotopic (exact) mass is 259 g/mol. The quantitative estimate of drug-likeness (QED) is 0.792. The van der Waals surface area contributed by atoms with Crippen LogP contribution in [0.3, 0.4) is 0 Å². The topological polar surface area (TPSA) is 21.3 Å². The molecule has 1 saturated carbocycles. The normalized spacial score (nSPS) is 15.1. The summed E-state index contributed by atoms with van der Waals surface area (Å²) in [5.41, 5.74) is 0. The van der Waals surface area contributed by atoms with Gasteiger partial charge in [0.2, 0.25) is 0 Å². The van der Waals surface area contributed by atoms with E-state index in [9.17, 15) is 0 Å². The van der Waals surface area contributed by atoms with Gasteiger partial charge in [0.05, 0.1) is 10.0 Å². The summed E-state index contributed by atoms with van der Waals surface area (Å²) >= 11 is 11.9. The van der Waals surface area contributed by atoms with Crippen molar-refractivity contribution in [2.24, 2.45) is 5.92 Å². The summed E-state index contributed by atoms with van der Waals surface area (Å²) in [6, 6.07) is 5.36. The van der Waals surface area contributed by atoms with Gasteiger partial charge in [0.15, 0.2) is 5.75 Å². The van der Waals surface area contributed by atoms with Crippen LogP contribution in [0.15, 0.2) is 18.2 Å². The first-order valence-electron chi connectivity index (χ1n) is 5.55. The largest absolute Gasteiger partial charge is 0.489 e. The summed E-state index contributed by atoms with van der Waals surface area (Å²) in [7, 11) is 0. The smallest absolute Gasteiger partial charge is 0.156 e. The van der Waals surface area contributed by atoms with Gasteiger partial charge in [-0.15, -0.1) is 0 Å². The molecule has 1 aliphatic carbocycles. The summed E-state index contributed by atoms with van der Waals surface area (Å²) in [5, 5.41) is 4.47. The van der Waals surface area contributed by atoms with Crippen molar-refractivity contribution in [2.45, 2.75) is 12.8 Å². The maximum Gasteiger partial charge on any atom is 0.156 e. The lowest BCUT2D eigenvalue weighted by molar-refractivity contribution is 0.313. The fraction of sp³-hybridized carbons (Fsp3) is 0.500. The van der Waals surface area contributed by atoms with Gasteiger partial charge in [0, 0.05) is 6.54 Å². The third-order valence-corrected chi connectivity index (χ3v) is 3.17. The van der Waals surface area contributed by atoms with Crippen LogP contribution in [0, 0.1) is 5.92 Å². The van der Waals surface area contributed by atoms with E-state index in [0.717, 1.165) is 19.0 Å². The molecule has 0 bridgehead atoms. The molecule has 1 aromatic carbocycles. The fourth-order valence-corrected chi connectivity index (χ4v) is 1.98. The Hall–Kier alpha value is -0.440. The van der Waals surface area contributed by atoms with Crippen molar-refractivity contribution in [2.75, 3.05) is 19.7 Å². The third-order valence-electron chi connectivity index (χ3n) is 2.57. The average Bonchev–Trinajstić information content (AvgIpc) is 3.05. The molecule has 88 valence electrons. The Morgan fingerprint density at radius 1 is 1.25 bits per heavy atom. The molecule has 1 aromatic rings. The Labute approximate surface area is 106 Å². The molecule has 0 aliphatic heterocycles. The van der Waals surface area contributed by atoms with Crippen molar-refractivity contribution in [3.63, 3.8) is 0 Å². The van der Waals surface area contributed by atoms with Gasteiger partial charge in [-0.2, -0.15) is 0 Å². The molecule has 4 heteroatoms. The van der Waals surface area contributed by atoms with Crippen molar-refractivity contribution in [1.82, 2.24) is 5.32 Å². The lowest BCUT2D eigenvalue weighted by Crippen LogP contribution is -2.23. The molecule has 0 spiro atoms. The van der Waals surface area contributed by atoms with Crippen molar-refractivity contribution >= 4 is 23.2 Å². The molecule has 1 N–H and O–H groups in total. The summed E-state index contributed by atoms with van der Waals surface area (Å²) in [5.74, 6) is 1.47. The molecule has 1 fully saturated rings. The van der Waals surface area contributed by atoms with Crippen LogP contribution < -0.4 is 10.1 Å². The second-order valence-electron chi connectivity index (χ2n) is 4.05. The molecule has 1 aliphatic rings. The first-order chi connectivity index (χ1) is 7.77. The minimum Gasteiger partial charge on any atom is -0.489 e. The van der Waals surface area contributed by atoms with Gasteiger partial charge in [-0.25, -0.2) is 0 Å². The van der Waals surface area contributed by atoms with E-state index in [-0.39, 0.29) is 0 Å². The van der Waals surface area contributed by atoms with Crippen molar-refractivity contribution in [3.8, 4) is 5.75 Å². The molecule has 0 amide bonds. The molecule has 2 rings (SSSR count). The number of para-hydroxylation sites is 1. The molecular formula is C12H15Cl2NO. The number of benzene rings is 1. The van der Waals surface area contributed by atoms with Crippen LogP contribution in [0.25, 0.3) is 0 Å². The number of nitrogens with one attached hydrogen (secondary N) is 1. The molecule has 0 radical (unpaired) electrons. The van der Waals surface area contributed by atoms with E-state index in [1.807, 2.05) is 6.07 Å². The standard InChI is InChI=1S/C12H15Cl2NO/c13-10-2-1-3-11(14)12(10)16-7-6-15-8-9-4-5-9/h1-3,9,15H,4-8H2. The van der Waals surface area contributed by atoms with E-state index < -0.39 is 0 Å². The van der Waals surface area contributed by atoms with Crippen LogP contribution in [0.1, 0.15) is 12.8 Å². The second kappa shape index (κ2) is 5.76. The molecule has 0 atom stereocenters. The SMILES string of the molecule is Clc1cccc(Cl)c1OCCNCC1CC1. The van der Waals surface area contributed by atoms with Gasteiger partial charge in [0.1, 0.15) is 6.61 Å². The molecule has 0 saturated heterocycles. The summed E-state index contributed by atoms with van der Waals surface area (Å²) in [4.78, 5) is 0. The van der Waals surface area contributed by atoms with Crippen molar-refractivity contribution in [3.05, 3.63) is 28.2 Å². The highest BCUT2D eigenvalue weighted by molar-refractivity contribution is 6.37. The second-order valence-corrected chi connectivity index (χ2v) is 4.86. The van der Waals surface area contributed by atoms with E-state index in [4.69, 9.17) is 27.9 Å². The zero-order valence-corrected chi connectivity index (χ0v) is 10.5. The highest BCUT2D eigenvalue weighted by atomic mass is 35.5. The summed E-state index contributed by atoms with van der Waals surface area (Å²) in [6.07, 6.45) is 2.73. The first-order valence-corrected chi connectivity index (χ1v) is 6.30. The van der Waals surface area contributed by atoms with Gasteiger partial charge < -0.3 is 10.1 Å². The summed E-state index contributed by atoms with van der Waals surface area (Å²) in [6.45, 7) is 2.52. The highest BCUT2D eigenvalue weighted by Gasteiger charge is 2.19. The highest BCUT2D eigenvalue weighted by Crippen LogP contribution is 2.32. The third kappa shape index (κ3) is 3.55. The molecule has 0 unspecified atom stereocenters. The number of hydrogen-bond donors (Lipinski definition) is 1. The van der Waals surface area contributed by atoms with E-state index in [2.05, 4.69) is 5.32 Å². The van der Waals surface area contributed by atoms with Crippen molar-refractivity contribution in [1.29, 1.82) is 0 Å². The maximum atomic E-state index is 5.97. The minimum atomic E-state index is 0.565. The number of ether oxygens (including phenoxy) is 1. The predicted molar refractivity (Wildman–Crippen MR) is 67.6 cm³/mol. The van der Waals surface area contributed by atoms with Gasteiger partial charge in [-0.1, -0.05) is 29.3 Å². The number of halogens is 2. The Morgan fingerprint density at radius 3 is 2.56 bits per heavy atom. The average molecular weight is 260 g/mol.